The molecule has 0 heterocycles. The Labute approximate surface area is 108 Å². The van der Waals surface area contributed by atoms with Crippen molar-refractivity contribution in [2.45, 2.75) is 32.8 Å². The van der Waals surface area contributed by atoms with Gasteiger partial charge in [0, 0.05) is 6.61 Å². The van der Waals surface area contributed by atoms with E-state index >= 15 is 0 Å². The number of ether oxygens (including phenoxy) is 2. The number of benzene rings is 1. The SMILES string of the molecule is CCCc1ccc(OCC(OCC)C(=O)O)cc1. The van der Waals surface area contributed by atoms with Gasteiger partial charge in [0.25, 0.3) is 0 Å². The van der Waals surface area contributed by atoms with E-state index < -0.39 is 12.1 Å². The van der Waals surface area contributed by atoms with Crippen LogP contribution in [0.15, 0.2) is 24.3 Å². The standard InChI is InChI=1S/C14H20O4/c1-3-5-11-6-8-12(9-7-11)18-10-13(14(15)16)17-4-2/h6-9,13H,3-5,10H2,1-2H3,(H,15,16). The molecular weight excluding hydrogens is 232 g/mol. The van der Waals surface area contributed by atoms with Crippen molar-refractivity contribution >= 4 is 5.97 Å². The van der Waals surface area contributed by atoms with Crippen LogP contribution in [0.2, 0.25) is 0 Å². The maximum atomic E-state index is 10.8. The van der Waals surface area contributed by atoms with Gasteiger partial charge in [0.2, 0.25) is 0 Å². The Morgan fingerprint density at radius 2 is 1.94 bits per heavy atom. The highest BCUT2D eigenvalue weighted by Crippen LogP contribution is 2.14. The van der Waals surface area contributed by atoms with E-state index in [-0.39, 0.29) is 6.61 Å². The quantitative estimate of drug-likeness (QED) is 0.772. The lowest BCUT2D eigenvalue weighted by Gasteiger charge is -2.13. The maximum absolute atomic E-state index is 10.8. The summed E-state index contributed by atoms with van der Waals surface area (Å²) in [5, 5.41) is 8.89. The Kier molecular flexibility index (Phi) is 6.22. The van der Waals surface area contributed by atoms with Crippen LogP contribution in [0.3, 0.4) is 0 Å². The summed E-state index contributed by atoms with van der Waals surface area (Å²) < 4.78 is 10.5. The third-order valence-corrected chi connectivity index (χ3v) is 2.51. The van der Waals surface area contributed by atoms with Gasteiger partial charge in [-0.1, -0.05) is 25.5 Å². The Bertz CT molecular complexity index is 359. The van der Waals surface area contributed by atoms with Crippen LogP contribution in [0.5, 0.6) is 5.75 Å². The molecule has 0 saturated heterocycles. The third kappa shape index (κ3) is 4.75. The molecule has 0 aliphatic rings. The summed E-state index contributed by atoms with van der Waals surface area (Å²) in [7, 11) is 0. The van der Waals surface area contributed by atoms with E-state index in [0.717, 1.165) is 12.8 Å². The van der Waals surface area contributed by atoms with Gasteiger partial charge in [0.05, 0.1) is 0 Å². The molecule has 1 aromatic carbocycles. The summed E-state index contributed by atoms with van der Waals surface area (Å²) in [6.45, 7) is 4.27. The van der Waals surface area contributed by atoms with E-state index in [2.05, 4.69) is 6.92 Å². The van der Waals surface area contributed by atoms with Gasteiger partial charge in [-0.05, 0) is 31.0 Å². The molecule has 18 heavy (non-hydrogen) atoms. The van der Waals surface area contributed by atoms with Gasteiger partial charge < -0.3 is 14.6 Å². The number of carboxylic acids is 1. The average molecular weight is 252 g/mol. The summed E-state index contributed by atoms with van der Waals surface area (Å²) in [5.41, 5.74) is 1.25. The fraction of sp³-hybridized carbons (Fsp3) is 0.500. The summed E-state index contributed by atoms with van der Waals surface area (Å²) >= 11 is 0. The van der Waals surface area contributed by atoms with Crippen molar-refractivity contribution in [3.05, 3.63) is 29.8 Å². The summed E-state index contributed by atoms with van der Waals surface area (Å²) in [4.78, 5) is 10.8. The van der Waals surface area contributed by atoms with Crippen molar-refractivity contribution in [3.8, 4) is 5.75 Å². The number of hydrogen-bond donors (Lipinski definition) is 1. The monoisotopic (exact) mass is 252 g/mol. The molecular formula is C14H20O4. The number of hydrogen-bond acceptors (Lipinski definition) is 3. The molecule has 1 N–H and O–H groups in total. The van der Waals surface area contributed by atoms with Gasteiger partial charge >= 0.3 is 5.97 Å². The average Bonchev–Trinajstić information content (AvgIpc) is 2.36. The molecule has 0 spiro atoms. The van der Waals surface area contributed by atoms with Gasteiger partial charge in [-0.2, -0.15) is 0 Å². The number of rotatable bonds is 8. The fourth-order valence-electron chi connectivity index (χ4n) is 1.60. The van der Waals surface area contributed by atoms with Crippen LogP contribution in [-0.4, -0.2) is 30.4 Å². The zero-order chi connectivity index (χ0) is 13.4. The van der Waals surface area contributed by atoms with Crippen molar-refractivity contribution < 1.29 is 19.4 Å². The largest absolute Gasteiger partial charge is 0.490 e. The number of carbonyl (C=O) groups is 1. The molecule has 1 unspecified atom stereocenters. The van der Waals surface area contributed by atoms with Crippen molar-refractivity contribution in [2.75, 3.05) is 13.2 Å². The Morgan fingerprint density at radius 1 is 1.28 bits per heavy atom. The van der Waals surface area contributed by atoms with E-state index in [1.165, 1.54) is 5.56 Å². The second-order valence-electron chi connectivity index (χ2n) is 3.99. The van der Waals surface area contributed by atoms with Crippen LogP contribution in [0.25, 0.3) is 0 Å². The van der Waals surface area contributed by atoms with Crippen LogP contribution < -0.4 is 4.74 Å². The molecule has 4 heteroatoms. The van der Waals surface area contributed by atoms with Crippen LogP contribution >= 0.6 is 0 Å². The van der Waals surface area contributed by atoms with Gasteiger partial charge in [-0.15, -0.1) is 0 Å². The van der Waals surface area contributed by atoms with Crippen molar-refractivity contribution in [1.29, 1.82) is 0 Å². The first-order valence-electron chi connectivity index (χ1n) is 6.23. The minimum Gasteiger partial charge on any atom is -0.490 e. The highest BCUT2D eigenvalue weighted by atomic mass is 16.5. The molecule has 0 aliphatic heterocycles. The zero-order valence-electron chi connectivity index (χ0n) is 10.9. The van der Waals surface area contributed by atoms with E-state index in [1.807, 2.05) is 24.3 Å². The molecule has 4 nitrogen and oxygen atoms in total. The Morgan fingerprint density at radius 3 is 2.44 bits per heavy atom. The third-order valence-electron chi connectivity index (χ3n) is 2.51. The molecule has 0 aromatic heterocycles. The van der Waals surface area contributed by atoms with Gasteiger partial charge in [0.1, 0.15) is 12.4 Å². The Balaban J connectivity index is 2.48. The minimum atomic E-state index is -1.00. The molecule has 0 radical (unpaired) electrons. The normalized spacial score (nSPS) is 12.1. The molecule has 1 aromatic rings. The smallest absolute Gasteiger partial charge is 0.336 e. The van der Waals surface area contributed by atoms with Crippen LogP contribution in [0, 0.1) is 0 Å². The van der Waals surface area contributed by atoms with Gasteiger partial charge in [-0.3, -0.25) is 0 Å². The van der Waals surface area contributed by atoms with Gasteiger partial charge in [0.15, 0.2) is 6.10 Å². The second-order valence-corrected chi connectivity index (χ2v) is 3.99. The summed E-state index contributed by atoms with van der Waals surface area (Å²) in [6.07, 6.45) is 1.23. The van der Waals surface area contributed by atoms with E-state index in [4.69, 9.17) is 14.6 Å². The minimum absolute atomic E-state index is 0.0241. The number of carboxylic acid groups (broad SMARTS) is 1. The fourth-order valence-corrected chi connectivity index (χ4v) is 1.60. The van der Waals surface area contributed by atoms with Crippen molar-refractivity contribution in [1.82, 2.24) is 0 Å². The predicted molar refractivity (Wildman–Crippen MR) is 69.0 cm³/mol. The number of aliphatic carboxylic acids is 1. The molecule has 0 aliphatic carbocycles. The summed E-state index contributed by atoms with van der Waals surface area (Å²) in [5.74, 6) is -0.333. The first-order valence-corrected chi connectivity index (χ1v) is 6.23. The highest BCUT2D eigenvalue weighted by Gasteiger charge is 2.18. The van der Waals surface area contributed by atoms with Crippen molar-refractivity contribution in [2.24, 2.45) is 0 Å². The molecule has 1 atom stereocenters. The van der Waals surface area contributed by atoms with Crippen LogP contribution in [0.4, 0.5) is 0 Å². The summed E-state index contributed by atoms with van der Waals surface area (Å²) in [6, 6.07) is 7.70. The molecule has 100 valence electrons. The molecule has 1 rings (SSSR count). The van der Waals surface area contributed by atoms with Gasteiger partial charge in [-0.25, -0.2) is 4.79 Å². The molecule has 0 bridgehead atoms. The maximum Gasteiger partial charge on any atom is 0.336 e. The Hall–Kier alpha value is -1.55. The van der Waals surface area contributed by atoms with Crippen LogP contribution in [-0.2, 0) is 16.0 Å². The van der Waals surface area contributed by atoms with Crippen molar-refractivity contribution in [3.63, 3.8) is 0 Å². The molecule has 0 amide bonds. The van der Waals surface area contributed by atoms with Crippen LogP contribution in [0.1, 0.15) is 25.8 Å². The van der Waals surface area contributed by atoms with E-state index in [1.54, 1.807) is 6.92 Å². The molecule has 0 saturated carbocycles. The predicted octanol–water partition coefficient (Wildman–Crippen LogP) is 2.51. The second kappa shape index (κ2) is 7.71. The lowest BCUT2D eigenvalue weighted by Crippen LogP contribution is -2.30. The first-order chi connectivity index (χ1) is 8.67. The highest BCUT2D eigenvalue weighted by molar-refractivity contribution is 5.72. The zero-order valence-corrected chi connectivity index (χ0v) is 10.9. The molecule has 0 fully saturated rings. The lowest BCUT2D eigenvalue weighted by atomic mass is 10.1. The number of aryl methyl sites for hydroxylation is 1. The topological polar surface area (TPSA) is 55.8 Å². The lowest BCUT2D eigenvalue weighted by molar-refractivity contribution is -0.152. The first kappa shape index (κ1) is 14.5. The van der Waals surface area contributed by atoms with E-state index in [9.17, 15) is 4.79 Å². The van der Waals surface area contributed by atoms with E-state index in [0.29, 0.717) is 12.4 Å².